The standard InChI is InChI=1S/C14H18N2O2S/c1-18-9-8-16(7-3-6-15)14(17)13-10-11-4-2-5-12(11)19-13/h10H,2-5,7-9H2,1H3. The van der Waals surface area contributed by atoms with Crippen molar-refractivity contribution in [3.05, 3.63) is 21.4 Å². The monoisotopic (exact) mass is 278 g/mol. The summed E-state index contributed by atoms with van der Waals surface area (Å²) >= 11 is 1.61. The molecule has 1 aliphatic carbocycles. The molecule has 0 N–H and O–H groups in total. The summed E-state index contributed by atoms with van der Waals surface area (Å²) in [7, 11) is 1.62. The van der Waals surface area contributed by atoms with Crippen LogP contribution in [0.15, 0.2) is 6.07 Å². The van der Waals surface area contributed by atoms with Gasteiger partial charge in [0.15, 0.2) is 0 Å². The van der Waals surface area contributed by atoms with Crippen LogP contribution in [0.3, 0.4) is 0 Å². The second kappa shape index (κ2) is 6.69. The average Bonchev–Trinajstić information content (AvgIpc) is 2.99. The van der Waals surface area contributed by atoms with E-state index in [1.807, 2.05) is 6.07 Å². The van der Waals surface area contributed by atoms with E-state index in [4.69, 9.17) is 10.00 Å². The lowest BCUT2D eigenvalue weighted by atomic mass is 10.2. The molecule has 0 atom stereocenters. The minimum absolute atomic E-state index is 0.0340. The van der Waals surface area contributed by atoms with Crippen LogP contribution in [0.1, 0.15) is 33.0 Å². The molecule has 1 amide bonds. The van der Waals surface area contributed by atoms with Gasteiger partial charge in [0.05, 0.1) is 24.0 Å². The Bertz CT molecular complexity index is 469. The van der Waals surface area contributed by atoms with Gasteiger partial charge in [-0.1, -0.05) is 0 Å². The van der Waals surface area contributed by atoms with Crippen molar-refractivity contribution in [2.24, 2.45) is 0 Å². The van der Waals surface area contributed by atoms with Crippen LogP contribution in [0.4, 0.5) is 0 Å². The van der Waals surface area contributed by atoms with Crippen molar-refractivity contribution in [3.8, 4) is 6.07 Å². The number of thiophene rings is 1. The zero-order valence-electron chi connectivity index (χ0n) is 11.1. The van der Waals surface area contributed by atoms with Gasteiger partial charge in [0, 0.05) is 25.1 Å². The van der Waals surface area contributed by atoms with Crippen molar-refractivity contribution in [2.75, 3.05) is 26.8 Å². The van der Waals surface area contributed by atoms with E-state index < -0.39 is 0 Å². The van der Waals surface area contributed by atoms with Crippen LogP contribution in [-0.2, 0) is 17.6 Å². The maximum absolute atomic E-state index is 12.4. The van der Waals surface area contributed by atoms with E-state index in [1.54, 1.807) is 23.3 Å². The molecule has 1 aromatic rings. The van der Waals surface area contributed by atoms with Crippen LogP contribution in [0, 0.1) is 11.3 Å². The normalized spacial score (nSPS) is 13.1. The molecule has 0 unspecified atom stereocenters. The fraction of sp³-hybridized carbons (Fsp3) is 0.571. The second-order valence-corrected chi connectivity index (χ2v) is 5.74. The Labute approximate surface area is 117 Å². The molecule has 1 heterocycles. The maximum atomic E-state index is 12.4. The third kappa shape index (κ3) is 3.34. The first-order chi connectivity index (χ1) is 9.26. The summed E-state index contributed by atoms with van der Waals surface area (Å²) in [6, 6.07) is 4.12. The molecule has 5 heteroatoms. The summed E-state index contributed by atoms with van der Waals surface area (Å²) in [5, 5.41) is 8.67. The van der Waals surface area contributed by atoms with Crippen molar-refractivity contribution in [1.29, 1.82) is 5.26 Å². The Balaban J connectivity index is 2.06. The van der Waals surface area contributed by atoms with Crippen molar-refractivity contribution in [1.82, 2.24) is 4.90 Å². The quantitative estimate of drug-likeness (QED) is 0.802. The van der Waals surface area contributed by atoms with Crippen LogP contribution in [0.25, 0.3) is 0 Å². The predicted octanol–water partition coefficient (Wildman–Crippen LogP) is 2.24. The van der Waals surface area contributed by atoms with Gasteiger partial charge in [-0.2, -0.15) is 5.26 Å². The van der Waals surface area contributed by atoms with Gasteiger partial charge in [0.25, 0.3) is 5.91 Å². The molecule has 0 fully saturated rings. The number of ether oxygens (including phenoxy) is 1. The Hall–Kier alpha value is -1.38. The third-order valence-electron chi connectivity index (χ3n) is 3.30. The SMILES string of the molecule is COCCN(CCC#N)C(=O)c1cc2c(s1)CCC2. The molecular formula is C14H18N2O2S. The fourth-order valence-electron chi connectivity index (χ4n) is 2.29. The number of amides is 1. The molecule has 0 saturated heterocycles. The fourth-order valence-corrected chi connectivity index (χ4v) is 3.51. The van der Waals surface area contributed by atoms with Crippen LogP contribution < -0.4 is 0 Å². The second-order valence-electron chi connectivity index (χ2n) is 4.61. The van der Waals surface area contributed by atoms with E-state index in [-0.39, 0.29) is 5.91 Å². The highest BCUT2D eigenvalue weighted by molar-refractivity contribution is 7.14. The summed E-state index contributed by atoms with van der Waals surface area (Å²) in [4.78, 5) is 16.3. The zero-order chi connectivity index (χ0) is 13.7. The summed E-state index contributed by atoms with van der Waals surface area (Å²) in [5.74, 6) is 0.0340. The largest absolute Gasteiger partial charge is 0.383 e. The van der Waals surface area contributed by atoms with Gasteiger partial charge < -0.3 is 9.64 Å². The van der Waals surface area contributed by atoms with Crippen LogP contribution in [0.2, 0.25) is 0 Å². The number of hydrogen-bond acceptors (Lipinski definition) is 4. The number of aryl methyl sites for hydroxylation is 2. The number of fused-ring (bicyclic) bond motifs is 1. The number of carbonyl (C=O) groups excluding carboxylic acids is 1. The van der Waals surface area contributed by atoms with Gasteiger partial charge >= 0.3 is 0 Å². The summed E-state index contributed by atoms with van der Waals surface area (Å²) in [5.41, 5.74) is 1.33. The molecule has 2 rings (SSSR count). The van der Waals surface area contributed by atoms with Crippen LogP contribution in [-0.4, -0.2) is 37.6 Å². The molecule has 0 aliphatic heterocycles. The highest BCUT2D eigenvalue weighted by Crippen LogP contribution is 2.31. The molecule has 0 bridgehead atoms. The van der Waals surface area contributed by atoms with Crippen molar-refractivity contribution in [2.45, 2.75) is 25.7 Å². The molecule has 1 aromatic heterocycles. The first-order valence-electron chi connectivity index (χ1n) is 6.53. The Morgan fingerprint density at radius 1 is 1.53 bits per heavy atom. The highest BCUT2D eigenvalue weighted by Gasteiger charge is 2.22. The topological polar surface area (TPSA) is 53.3 Å². The molecule has 0 radical (unpaired) electrons. The van der Waals surface area contributed by atoms with E-state index in [2.05, 4.69) is 6.07 Å². The summed E-state index contributed by atoms with van der Waals surface area (Å²) in [6.07, 6.45) is 3.76. The van der Waals surface area contributed by atoms with Crippen LogP contribution in [0.5, 0.6) is 0 Å². The summed E-state index contributed by atoms with van der Waals surface area (Å²) in [6.45, 7) is 1.52. The first-order valence-corrected chi connectivity index (χ1v) is 7.34. The lowest BCUT2D eigenvalue weighted by Gasteiger charge is -2.20. The van der Waals surface area contributed by atoms with E-state index in [1.165, 1.54) is 16.9 Å². The molecule has 0 saturated carbocycles. The maximum Gasteiger partial charge on any atom is 0.264 e. The number of methoxy groups -OCH3 is 1. The number of carbonyl (C=O) groups is 1. The number of nitriles is 1. The lowest BCUT2D eigenvalue weighted by Crippen LogP contribution is -2.34. The molecule has 1 aliphatic rings. The number of nitrogens with zero attached hydrogens (tertiary/aromatic N) is 2. The average molecular weight is 278 g/mol. The van der Waals surface area contributed by atoms with Gasteiger partial charge in [-0.3, -0.25) is 4.79 Å². The molecule has 102 valence electrons. The van der Waals surface area contributed by atoms with Gasteiger partial charge in [-0.25, -0.2) is 0 Å². The van der Waals surface area contributed by atoms with E-state index in [9.17, 15) is 4.79 Å². The Morgan fingerprint density at radius 2 is 2.37 bits per heavy atom. The predicted molar refractivity (Wildman–Crippen MR) is 74.4 cm³/mol. The van der Waals surface area contributed by atoms with Crippen molar-refractivity contribution in [3.63, 3.8) is 0 Å². The molecular weight excluding hydrogens is 260 g/mol. The third-order valence-corrected chi connectivity index (χ3v) is 4.53. The van der Waals surface area contributed by atoms with Crippen LogP contribution >= 0.6 is 11.3 Å². The molecule has 19 heavy (non-hydrogen) atoms. The van der Waals surface area contributed by atoms with Crippen molar-refractivity contribution >= 4 is 17.2 Å². The van der Waals surface area contributed by atoms with Gasteiger partial charge in [0.1, 0.15) is 0 Å². The van der Waals surface area contributed by atoms with E-state index >= 15 is 0 Å². The zero-order valence-corrected chi connectivity index (χ0v) is 12.0. The minimum Gasteiger partial charge on any atom is -0.383 e. The van der Waals surface area contributed by atoms with Crippen molar-refractivity contribution < 1.29 is 9.53 Å². The Kier molecular flexibility index (Phi) is 4.94. The minimum atomic E-state index is 0.0340. The number of hydrogen-bond donors (Lipinski definition) is 0. The lowest BCUT2D eigenvalue weighted by molar-refractivity contribution is 0.0704. The van der Waals surface area contributed by atoms with Gasteiger partial charge in [-0.05, 0) is 30.9 Å². The summed E-state index contributed by atoms with van der Waals surface area (Å²) < 4.78 is 5.03. The molecule has 0 aromatic carbocycles. The van der Waals surface area contributed by atoms with Gasteiger partial charge in [-0.15, -0.1) is 11.3 Å². The number of rotatable bonds is 6. The Morgan fingerprint density at radius 3 is 3.05 bits per heavy atom. The van der Waals surface area contributed by atoms with Gasteiger partial charge in [0.2, 0.25) is 0 Å². The highest BCUT2D eigenvalue weighted by atomic mass is 32.1. The molecule has 4 nitrogen and oxygen atoms in total. The smallest absolute Gasteiger partial charge is 0.264 e. The first kappa shape index (κ1) is 14.0. The van der Waals surface area contributed by atoms with E-state index in [0.717, 1.165) is 17.7 Å². The molecule has 0 spiro atoms. The van der Waals surface area contributed by atoms with E-state index in [0.29, 0.717) is 26.1 Å².